The maximum Gasteiger partial charge on any atom is 0.227 e. The van der Waals surface area contributed by atoms with E-state index in [2.05, 4.69) is 25.6 Å². The van der Waals surface area contributed by atoms with Crippen molar-refractivity contribution in [2.45, 2.75) is 33.4 Å². The lowest BCUT2D eigenvalue weighted by atomic mass is 10.1. The van der Waals surface area contributed by atoms with Crippen LogP contribution in [0.3, 0.4) is 0 Å². The monoisotopic (exact) mass is 324 g/mol. The van der Waals surface area contributed by atoms with Crippen molar-refractivity contribution in [2.24, 2.45) is 0 Å². The molecule has 0 unspecified atom stereocenters. The van der Waals surface area contributed by atoms with E-state index < -0.39 is 0 Å². The number of benzene rings is 1. The largest absolute Gasteiger partial charge is 0.332 e. The summed E-state index contributed by atoms with van der Waals surface area (Å²) in [5.41, 5.74) is 4.57. The molecule has 3 rings (SSSR count). The van der Waals surface area contributed by atoms with Gasteiger partial charge in [0.1, 0.15) is 5.69 Å². The normalized spacial score (nSPS) is 10.8. The molecule has 124 valence electrons. The summed E-state index contributed by atoms with van der Waals surface area (Å²) >= 11 is 0. The van der Waals surface area contributed by atoms with Gasteiger partial charge in [0.05, 0.1) is 24.9 Å². The first kappa shape index (κ1) is 15.9. The van der Waals surface area contributed by atoms with E-state index in [1.54, 1.807) is 11.1 Å². The van der Waals surface area contributed by atoms with Crippen LogP contribution in [0.15, 0.2) is 36.5 Å². The van der Waals surface area contributed by atoms with Gasteiger partial charge in [-0.25, -0.2) is 0 Å². The lowest BCUT2D eigenvalue weighted by Gasteiger charge is -2.22. The number of aryl methyl sites for hydroxylation is 2. The maximum atomic E-state index is 12.9. The Morgan fingerprint density at radius 3 is 2.54 bits per heavy atom. The van der Waals surface area contributed by atoms with Crippen LogP contribution in [0.1, 0.15) is 28.2 Å². The van der Waals surface area contributed by atoms with Crippen LogP contribution in [0.2, 0.25) is 0 Å². The van der Waals surface area contributed by atoms with Gasteiger partial charge in [0.25, 0.3) is 0 Å². The number of nitrogens with one attached hydrogen (secondary N) is 2. The Bertz CT molecular complexity index is 774. The van der Waals surface area contributed by atoms with Crippen molar-refractivity contribution in [3.8, 4) is 0 Å². The molecular weight excluding hydrogens is 304 g/mol. The molecule has 0 saturated carbocycles. The molecule has 0 fully saturated rings. The minimum Gasteiger partial charge on any atom is -0.332 e. The molecule has 0 aliphatic carbocycles. The Kier molecular flexibility index (Phi) is 4.69. The van der Waals surface area contributed by atoms with Crippen molar-refractivity contribution < 1.29 is 4.79 Å². The molecule has 3 aromatic rings. The van der Waals surface area contributed by atoms with Gasteiger partial charge in [-0.2, -0.15) is 20.5 Å². The number of carbonyl (C=O) groups excluding carboxylic acids is 1. The number of rotatable bonds is 6. The molecule has 2 heterocycles. The van der Waals surface area contributed by atoms with Crippen molar-refractivity contribution in [3.05, 3.63) is 64.7 Å². The molecular formula is C17H20N6O. The minimum atomic E-state index is 0.0365. The number of aromatic nitrogens is 5. The molecule has 0 bridgehead atoms. The highest BCUT2D eigenvalue weighted by atomic mass is 16.2. The molecule has 0 atom stereocenters. The van der Waals surface area contributed by atoms with Crippen LogP contribution >= 0.6 is 0 Å². The highest BCUT2D eigenvalue weighted by Gasteiger charge is 2.19. The van der Waals surface area contributed by atoms with Gasteiger partial charge in [-0.1, -0.05) is 30.3 Å². The number of hydrogen-bond donors (Lipinski definition) is 2. The van der Waals surface area contributed by atoms with Crippen LogP contribution < -0.4 is 0 Å². The molecule has 1 amide bonds. The summed E-state index contributed by atoms with van der Waals surface area (Å²) in [4.78, 5) is 14.7. The van der Waals surface area contributed by atoms with Gasteiger partial charge in [0.15, 0.2) is 0 Å². The predicted octanol–water partition coefficient (Wildman–Crippen LogP) is 1.92. The van der Waals surface area contributed by atoms with Crippen molar-refractivity contribution in [3.63, 3.8) is 0 Å². The van der Waals surface area contributed by atoms with E-state index in [-0.39, 0.29) is 5.91 Å². The fourth-order valence-corrected chi connectivity index (χ4v) is 2.63. The van der Waals surface area contributed by atoms with Crippen molar-refractivity contribution >= 4 is 5.91 Å². The Morgan fingerprint density at radius 2 is 1.92 bits per heavy atom. The first-order chi connectivity index (χ1) is 11.6. The quantitative estimate of drug-likeness (QED) is 0.725. The fraction of sp³-hybridized carbons (Fsp3) is 0.294. The Hall–Kier alpha value is -2.96. The second-order valence-corrected chi connectivity index (χ2v) is 5.79. The van der Waals surface area contributed by atoms with E-state index in [0.29, 0.717) is 19.5 Å². The smallest absolute Gasteiger partial charge is 0.227 e. The third-order valence-electron chi connectivity index (χ3n) is 4.00. The van der Waals surface area contributed by atoms with Gasteiger partial charge >= 0.3 is 0 Å². The first-order valence-corrected chi connectivity index (χ1v) is 7.80. The van der Waals surface area contributed by atoms with E-state index in [1.165, 1.54) is 0 Å². The highest BCUT2D eigenvalue weighted by Crippen LogP contribution is 2.15. The average molecular weight is 324 g/mol. The van der Waals surface area contributed by atoms with Gasteiger partial charge in [0.2, 0.25) is 5.91 Å². The summed E-state index contributed by atoms with van der Waals surface area (Å²) in [6.07, 6.45) is 1.96. The van der Waals surface area contributed by atoms with Crippen molar-refractivity contribution in [1.82, 2.24) is 30.5 Å². The molecule has 0 aliphatic rings. The number of carbonyl (C=O) groups is 1. The summed E-state index contributed by atoms with van der Waals surface area (Å²) < 4.78 is 0. The minimum absolute atomic E-state index is 0.0365. The average Bonchev–Trinajstić information content (AvgIpc) is 3.20. The molecule has 0 saturated heterocycles. The molecule has 7 heteroatoms. The third-order valence-corrected chi connectivity index (χ3v) is 4.00. The summed E-state index contributed by atoms with van der Waals surface area (Å²) in [5.74, 6) is 0.0365. The zero-order valence-corrected chi connectivity index (χ0v) is 13.8. The van der Waals surface area contributed by atoms with Gasteiger partial charge in [-0.05, 0) is 19.4 Å². The molecule has 0 aliphatic heterocycles. The predicted molar refractivity (Wildman–Crippen MR) is 88.8 cm³/mol. The van der Waals surface area contributed by atoms with Crippen molar-refractivity contribution in [1.29, 1.82) is 0 Å². The lowest BCUT2D eigenvalue weighted by molar-refractivity contribution is -0.131. The highest BCUT2D eigenvalue weighted by molar-refractivity contribution is 5.79. The standard InChI is InChI=1S/C17H20N6O/c1-12-16(13(2)20-19-12)8-17(24)23(11-15-9-18-22-21-15)10-14-6-4-3-5-7-14/h3-7,9H,8,10-11H2,1-2H3,(H,19,20)(H,18,21,22). The zero-order valence-electron chi connectivity index (χ0n) is 13.8. The Labute approximate surface area is 140 Å². The Morgan fingerprint density at radius 1 is 1.12 bits per heavy atom. The van der Waals surface area contributed by atoms with E-state index in [9.17, 15) is 4.79 Å². The number of nitrogens with zero attached hydrogens (tertiary/aromatic N) is 4. The lowest BCUT2D eigenvalue weighted by Crippen LogP contribution is -2.31. The maximum absolute atomic E-state index is 12.9. The number of H-pyrrole nitrogens is 2. The summed E-state index contributed by atoms with van der Waals surface area (Å²) in [6.45, 7) is 4.79. The van der Waals surface area contributed by atoms with Crippen LogP contribution in [0.4, 0.5) is 0 Å². The summed E-state index contributed by atoms with van der Waals surface area (Å²) in [5, 5.41) is 17.6. The van der Waals surface area contributed by atoms with Gasteiger partial charge < -0.3 is 4.90 Å². The number of amides is 1. The molecule has 0 spiro atoms. The second-order valence-electron chi connectivity index (χ2n) is 5.79. The van der Waals surface area contributed by atoms with Gasteiger partial charge in [0, 0.05) is 17.8 Å². The van der Waals surface area contributed by atoms with Crippen LogP contribution in [0.25, 0.3) is 0 Å². The molecule has 24 heavy (non-hydrogen) atoms. The van der Waals surface area contributed by atoms with E-state index in [1.807, 2.05) is 44.2 Å². The molecule has 2 aromatic heterocycles. The third kappa shape index (κ3) is 3.68. The van der Waals surface area contributed by atoms with Crippen LogP contribution in [0, 0.1) is 13.8 Å². The second kappa shape index (κ2) is 7.08. The van der Waals surface area contributed by atoms with E-state index >= 15 is 0 Å². The SMILES string of the molecule is Cc1n[nH]c(C)c1CC(=O)N(Cc1ccccc1)Cc1cn[nH]n1. The fourth-order valence-electron chi connectivity index (χ4n) is 2.63. The van der Waals surface area contributed by atoms with E-state index in [0.717, 1.165) is 28.2 Å². The van der Waals surface area contributed by atoms with Crippen LogP contribution in [0.5, 0.6) is 0 Å². The first-order valence-electron chi connectivity index (χ1n) is 7.80. The molecule has 0 radical (unpaired) electrons. The molecule has 1 aromatic carbocycles. The van der Waals surface area contributed by atoms with Crippen LogP contribution in [-0.4, -0.2) is 36.4 Å². The van der Waals surface area contributed by atoms with Crippen molar-refractivity contribution in [2.75, 3.05) is 0 Å². The summed E-state index contributed by atoms with van der Waals surface area (Å²) in [7, 11) is 0. The van der Waals surface area contributed by atoms with Crippen LogP contribution in [-0.2, 0) is 24.3 Å². The van der Waals surface area contributed by atoms with Gasteiger partial charge in [-0.15, -0.1) is 0 Å². The van der Waals surface area contributed by atoms with E-state index in [4.69, 9.17) is 0 Å². The topological polar surface area (TPSA) is 90.6 Å². The number of hydrogen-bond acceptors (Lipinski definition) is 4. The Balaban J connectivity index is 1.79. The summed E-state index contributed by atoms with van der Waals surface area (Å²) in [6, 6.07) is 9.93. The molecule has 2 N–H and O–H groups in total. The number of aromatic amines is 2. The molecule has 7 nitrogen and oxygen atoms in total. The van der Waals surface area contributed by atoms with Gasteiger partial charge in [-0.3, -0.25) is 9.89 Å². The zero-order chi connectivity index (χ0) is 16.9.